The van der Waals surface area contributed by atoms with Crippen LogP contribution < -0.4 is 9.80 Å². The quantitative estimate of drug-likeness (QED) is 0.301. The van der Waals surface area contributed by atoms with Gasteiger partial charge < -0.3 is 9.47 Å². The van der Waals surface area contributed by atoms with Crippen LogP contribution >= 0.6 is 23.2 Å². The van der Waals surface area contributed by atoms with Crippen LogP contribution in [0, 0.1) is 10.1 Å². The van der Waals surface area contributed by atoms with Gasteiger partial charge in [0, 0.05) is 18.6 Å². The van der Waals surface area contributed by atoms with Crippen molar-refractivity contribution in [1.29, 1.82) is 0 Å². The van der Waals surface area contributed by atoms with E-state index < -0.39 is 34.4 Å². The zero-order valence-corrected chi connectivity index (χ0v) is 16.0. The van der Waals surface area contributed by atoms with E-state index in [-0.39, 0.29) is 23.5 Å². The average molecular weight is 418 g/mol. The molecule has 0 aromatic heterocycles. The lowest BCUT2D eigenvalue weighted by molar-refractivity contribution is -0.384. The zero-order valence-electron chi connectivity index (χ0n) is 14.5. The van der Waals surface area contributed by atoms with E-state index in [2.05, 4.69) is 6.58 Å². The summed E-state index contributed by atoms with van der Waals surface area (Å²) in [5.74, 6) is 0. The minimum absolute atomic E-state index is 0.109. The Balaban J connectivity index is 2.59. The molecule has 11 heteroatoms. The van der Waals surface area contributed by atoms with Crippen LogP contribution in [-0.4, -0.2) is 34.4 Å². The Kier molecular flexibility index (Phi) is 6.50. The molecule has 0 saturated heterocycles. The summed E-state index contributed by atoms with van der Waals surface area (Å²) in [6, 6.07) is 3.73. The molecular weight excluding hydrogens is 401 g/mol. The van der Waals surface area contributed by atoms with Crippen LogP contribution in [0.1, 0.15) is 20.3 Å². The number of hydrogen-bond acceptors (Lipinski definition) is 6. The number of anilines is 2. The van der Waals surface area contributed by atoms with Gasteiger partial charge in [-0.25, -0.2) is 9.59 Å². The van der Waals surface area contributed by atoms with Crippen molar-refractivity contribution in [2.24, 2.45) is 0 Å². The van der Waals surface area contributed by atoms with Crippen LogP contribution in [0.15, 0.2) is 30.9 Å². The van der Waals surface area contributed by atoms with Crippen molar-refractivity contribution in [1.82, 2.24) is 0 Å². The van der Waals surface area contributed by atoms with Crippen LogP contribution in [0.3, 0.4) is 0 Å². The summed E-state index contributed by atoms with van der Waals surface area (Å²) < 4.78 is 10.1. The third-order valence-electron chi connectivity index (χ3n) is 3.58. The van der Waals surface area contributed by atoms with Crippen molar-refractivity contribution < 1.29 is 24.0 Å². The molecular formula is C16H17Cl2N3O6. The lowest BCUT2D eigenvalue weighted by Crippen LogP contribution is -2.49. The smallest absolute Gasteiger partial charge is 0.417 e. The van der Waals surface area contributed by atoms with Crippen molar-refractivity contribution in [2.45, 2.75) is 37.6 Å². The minimum atomic E-state index is -0.951. The minimum Gasteiger partial charge on any atom is -0.430 e. The zero-order chi connectivity index (χ0) is 20.3. The highest BCUT2D eigenvalue weighted by Gasteiger charge is 2.45. The number of hydrogen-bond donors (Lipinski definition) is 0. The van der Waals surface area contributed by atoms with Gasteiger partial charge in [-0.15, -0.1) is 6.58 Å². The highest BCUT2D eigenvalue weighted by molar-refractivity contribution is 6.20. The number of carbonyl (C=O) groups is 2. The Morgan fingerprint density at radius 2 is 1.74 bits per heavy atom. The van der Waals surface area contributed by atoms with E-state index in [0.29, 0.717) is 0 Å². The van der Waals surface area contributed by atoms with E-state index in [0.717, 1.165) is 4.90 Å². The van der Waals surface area contributed by atoms with Crippen molar-refractivity contribution in [3.05, 3.63) is 41.0 Å². The van der Waals surface area contributed by atoms with Crippen molar-refractivity contribution in [3.63, 3.8) is 0 Å². The van der Waals surface area contributed by atoms with Crippen LogP contribution in [-0.2, 0) is 9.47 Å². The van der Waals surface area contributed by atoms with Gasteiger partial charge in [0.1, 0.15) is 6.17 Å². The third-order valence-corrected chi connectivity index (χ3v) is 3.76. The predicted octanol–water partition coefficient (Wildman–Crippen LogP) is 4.57. The van der Waals surface area contributed by atoms with Gasteiger partial charge in [-0.2, -0.15) is 0 Å². The monoisotopic (exact) mass is 417 g/mol. The molecule has 27 heavy (non-hydrogen) atoms. The Labute approximate surface area is 165 Å². The van der Waals surface area contributed by atoms with E-state index >= 15 is 0 Å². The summed E-state index contributed by atoms with van der Waals surface area (Å²) in [5, 5.41) is 11.1. The molecule has 1 aromatic carbocycles. The average Bonchev–Trinajstić information content (AvgIpc) is 2.86. The molecule has 2 rings (SSSR count). The summed E-state index contributed by atoms with van der Waals surface area (Å²) in [6.07, 6.45) is -0.987. The molecule has 2 amide bonds. The van der Waals surface area contributed by atoms with Crippen LogP contribution in [0.2, 0.25) is 0 Å². The molecule has 0 fully saturated rings. The standard InChI is InChI=1S/C16H17Cl2N3O6/c1-4-5-14-19(15(22)26-9(2)17)12-7-6-11(21(24)25)8-13(12)20(14)16(23)27-10(3)18/h4,6-10,14H,1,5H2,2-3H3. The van der Waals surface area contributed by atoms with Gasteiger partial charge >= 0.3 is 12.2 Å². The fraction of sp³-hybridized carbons (Fsp3) is 0.375. The first-order valence-corrected chi connectivity index (χ1v) is 8.71. The first-order chi connectivity index (χ1) is 12.7. The molecule has 0 saturated carbocycles. The number of amides is 2. The van der Waals surface area contributed by atoms with Gasteiger partial charge in [0.05, 0.1) is 16.3 Å². The molecule has 0 radical (unpaired) electrons. The lowest BCUT2D eigenvalue weighted by Gasteiger charge is -2.29. The second kappa shape index (κ2) is 8.45. The maximum Gasteiger partial charge on any atom is 0.417 e. The molecule has 1 aromatic rings. The summed E-state index contributed by atoms with van der Waals surface area (Å²) in [4.78, 5) is 37.9. The van der Waals surface area contributed by atoms with Gasteiger partial charge in [0.15, 0.2) is 11.1 Å². The van der Waals surface area contributed by atoms with E-state index in [1.54, 1.807) is 0 Å². The Morgan fingerprint density at radius 3 is 2.19 bits per heavy atom. The van der Waals surface area contributed by atoms with Gasteiger partial charge in [0.25, 0.3) is 5.69 Å². The number of benzene rings is 1. The van der Waals surface area contributed by atoms with E-state index in [1.807, 2.05) is 0 Å². The molecule has 1 aliphatic rings. The third kappa shape index (κ3) is 4.42. The number of nitro groups is 1. The number of rotatable bonds is 5. The van der Waals surface area contributed by atoms with Gasteiger partial charge in [-0.3, -0.25) is 19.9 Å². The molecule has 0 aliphatic carbocycles. The molecule has 1 heterocycles. The molecule has 0 bridgehead atoms. The molecule has 1 aliphatic heterocycles. The maximum absolute atomic E-state index is 12.6. The van der Waals surface area contributed by atoms with E-state index in [1.165, 1.54) is 43.0 Å². The maximum atomic E-state index is 12.6. The van der Waals surface area contributed by atoms with Gasteiger partial charge in [0.2, 0.25) is 0 Å². The number of carbonyl (C=O) groups excluding carboxylic acids is 2. The number of non-ortho nitro benzene ring substituents is 1. The number of alkyl halides is 2. The summed E-state index contributed by atoms with van der Waals surface area (Å²) >= 11 is 11.5. The lowest BCUT2D eigenvalue weighted by atomic mass is 10.2. The summed E-state index contributed by atoms with van der Waals surface area (Å²) in [6.45, 7) is 6.52. The van der Waals surface area contributed by atoms with E-state index in [9.17, 15) is 19.7 Å². The predicted molar refractivity (Wildman–Crippen MR) is 100 cm³/mol. The first kappa shape index (κ1) is 20.8. The normalized spacial score (nSPS) is 17.7. The number of fused-ring (bicyclic) bond motifs is 1. The number of halogens is 2. The molecule has 3 atom stereocenters. The van der Waals surface area contributed by atoms with Crippen molar-refractivity contribution in [2.75, 3.05) is 9.80 Å². The molecule has 3 unspecified atom stereocenters. The molecule has 0 spiro atoms. The summed E-state index contributed by atoms with van der Waals surface area (Å²) in [5.41, 5.74) is -1.80. The Morgan fingerprint density at radius 1 is 1.22 bits per heavy atom. The topological polar surface area (TPSA) is 102 Å². The highest BCUT2D eigenvalue weighted by atomic mass is 35.5. The van der Waals surface area contributed by atoms with Gasteiger partial charge in [-0.05, 0) is 19.9 Å². The molecule has 146 valence electrons. The fourth-order valence-electron chi connectivity index (χ4n) is 2.65. The second-order valence-electron chi connectivity index (χ2n) is 5.53. The van der Waals surface area contributed by atoms with Gasteiger partial charge in [-0.1, -0.05) is 29.3 Å². The molecule has 0 N–H and O–H groups in total. The van der Waals surface area contributed by atoms with Crippen LogP contribution in [0.25, 0.3) is 0 Å². The second-order valence-corrected chi connectivity index (χ2v) is 6.76. The number of nitrogens with zero attached hydrogens (tertiary/aromatic N) is 3. The highest BCUT2D eigenvalue weighted by Crippen LogP contribution is 2.43. The Hall–Kier alpha value is -2.52. The molecule has 9 nitrogen and oxygen atoms in total. The number of nitro benzene ring substituents is 1. The SMILES string of the molecule is C=CCC1N(C(=O)OC(C)Cl)c2ccc([N+](=O)[O-])cc2N1C(=O)OC(C)Cl. The van der Waals surface area contributed by atoms with E-state index in [4.69, 9.17) is 32.7 Å². The van der Waals surface area contributed by atoms with Crippen LogP contribution in [0.4, 0.5) is 26.7 Å². The van der Waals surface area contributed by atoms with Crippen LogP contribution in [0.5, 0.6) is 0 Å². The largest absolute Gasteiger partial charge is 0.430 e. The summed E-state index contributed by atoms with van der Waals surface area (Å²) in [7, 11) is 0. The van der Waals surface area contributed by atoms with Crippen molar-refractivity contribution in [3.8, 4) is 0 Å². The number of ether oxygens (including phenoxy) is 2. The Bertz CT molecular complexity index is 771. The fourth-order valence-corrected chi connectivity index (χ4v) is 2.80. The first-order valence-electron chi connectivity index (χ1n) is 7.84. The van der Waals surface area contributed by atoms with Crippen molar-refractivity contribution >= 4 is 52.5 Å².